The van der Waals surface area contributed by atoms with Crippen LogP contribution in [0.2, 0.25) is 0 Å². The van der Waals surface area contributed by atoms with Crippen LogP contribution in [0.3, 0.4) is 0 Å². The van der Waals surface area contributed by atoms with Crippen LogP contribution in [-0.4, -0.2) is 43.0 Å². The highest BCUT2D eigenvalue weighted by Gasteiger charge is 2.28. The standard InChI is InChI=1S/C11H20N2O3/c1-2-16-11(15)9-4-3-7-13(8-9)10(14)5-6-12/h9H,2-8,12H2,1H3/t9-/m0/s1. The van der Waals surface area contributed by atoms with Gasteiger partial charge in [0.15, 0.2) is 0 Å². The van der Waals surface area contributed by atoms with Gasteiger partial charge in [0.2, 0.25) is 5.91 Å². The lowest BCUT2D eigenvalue weighted by Crippen LogP contribution is -2.43. The van der Waals surface area contributed by atoms with Crippen LogP contribution >= 0.6 is 0 Å². The molecule has 5 heteroatoms. The van der Waals surface area contributed by atoms with Crippen molar-refractivity contribution in [2.24, 2.45) is 11.7 Å². The van der Waals surface area contributed by atoms with E-state index in [-0.39, 0.29) is 17.8 Å². The third-order valence-corrected chi connectivity index (χ3v) is 2.75. The third-order valence-electron chi connectivity index (χ3n) is 2.75. The molecule has 1 heterocycles. The van der Waals surface area contributed by atoms with Gasteiger partial charge in [0.1, 0.15) is 0 Å². The number of nitrogens with zero attached hydrogens (tertiary/aromatic N) is 1. The molecule has 1 fully saturated rings. The summed E-state index contributed by atoms with van der Waals surface area (Å²) in [6.07, 6.45) is 2.03. The molecule has 16 heavy (non-hydrogen) atoms. The summed E-state index contributed by atoms with van der Waals surface area (Å²) in [6, 6.07) is 0. The average Bonchev–Trinajstić information content (AvgIpc) is 2.30. The van der Waals surface area contributed by atoms with Crippen molar-refractivity contribution < 1.29 is 14.3 Å². The van der Waals surface area contributed by atoms with Gasteiger partial charge in [-0.1, -0.05) is 0 Å². The van der Waals surface area contributed by atoms with E-state index in [1.807, 2.05) is 0 Å². The van der Waals surface area contributed by atoms with Crippen LogP contribution in [0.5, 0.6) is 0 Å². The Labute approximate surface area is 95.9 Å². The monoisotopic (exact) mass is 228 g/mol. The maximum atomic E-state index is 11.6. The highest BCUT2D eigenvalue weighted by Crippen LogP contribution is 2.18. The molecule has 0 aromatic rings. The molecular weight excluding hydrogens is 208 g/mol. The van der Waals surface area contributed by atoms with Crippen LogP contribution in [0.1, 0.15) is 26.2 Å². The number of rotatable bonds is 4. The first kappa shape index (κ1) is 13.0. The first-order valence-corrected chi connectivity index (χ1v) is 5.83. The Morgan fingerprint density at radius 3 is 2.88 bits per heavy atom. The molecule has 1 aliphatic heterocycles. The van der Waals surface area contributed by atoms with Crippen LogP contribution in [0, 0.1) is 5.92 Å². The number of carbonyl (C=O) groups is 2. The quantitative estimate of drug-likeness (QED) is 0.694. The van der Waals surface area contributed by atoms with Crippen molar-refractivity contribution >= 4 is 11.9 Å². The van der Waals surface area contributed by atoms with Crippen LogP contribution in [0.4, 0.5) is 0 Å². The normalized spacial score (nSPS) is 20.6. The van der Waals surface area contributed by atoms with Gasteiger partial charge in [-0.2, -0.15) is 0 Å². The van der Waals surface area contributed by atoms with E-state index in [0.29, 0.717) is 26.1 Å². The summed E-state index contributed by atoms with van der Waals surface area (Å²) < 4.78 is 4.97. The molecule has 0 spiro atoms. The molecule has 0 unspecified atom stereocenters. The third kappa shape index (κ3) is 3.48. The van der Waals surface area contributed by atoms with Crippen LogP contribution < -0.4 is 5.73 Å². The molecule has 1 amide bonds. The van der Waals surface area contributed by atoms with E-state index in [9.17, 15) is 9.59 Å². The van der Waals surface area contributed by atoms with Crippen LogP contribution in [-0.2, 0) is 14.3 Å². The van der Waals surface area contributed by atoms with Gasteiger partial charge >= 0.3 is 5.97 Å². The number of nitrogens with two attached hydrogens (primary N) is 1. The zero-order valence-corrected chi connectivity index (χ0v) is 9.78. The Kier molecular flexibility index (Phi) is 5.25. The summed E-state index contributed by atoms with van der Waals surface area (Å²) in [6.45, 7) is 3.76. The lowest BCUT2D eigenvalue weighted by atomic mass is 9.98. The highest BCUT2D eigenvalue weighted by molar-refractivity contribution is 5.78. The van der Waals surface area contributed by atoms with Crippen molar-refractivity contribution in [1.82, 2.24) is 4.90 Å². The first-order valence-electron chi connectivity index (χ1n) is 5.83. The van der Waals surface area contributed by atoms with Gasteiger partial charge in [-0.3, -0.25) is 9.59 Å². The summed E-state index contributed by atoms with van der Waals surface area (Å²) >= 11 is 0. The SMILES string of the molecule is CCOC(=O)[C@H]1CCCN(C(=O)CCN)C1. The Balaban J connectivity index is 2.46. The lowest BCUT2D eigenvalue weighted by Gasteiger charge is -2.31. The largest absolute Gasteiger partial charge is 0.466 e. The van der Waals surface area contributed by atoms with E-state index >= 15 is 0 Å². The van der Waals surface area contributed by atoms with E-state index in [1.165, 1.54) is 0 Å². The first-order chi connectivity index (χ1) is 7.69. The Morgan fingerprint density at radius 2 is 2.25 bits per heavy atom. The van der Waals surface area contributed by atoms with E-state index in [4.69, 9.17) is 10.5 Å². The van der Waals surface area contributed by atoms with Gasteiger partial charge < -0.3 is 15.4 Å². The minimum atomic E-state index is -0.187. The molecule has 1 atom stereocenters. The molecule has 1 rings (SSSR count). The maximum absolute atomic E-state index is 11.6. The fourth-order valence-electron chi connectivity index (χ4n) is 1.94. The summed E-state index contributed by atoms with van der Waals surface area (Å²) in [5.74, 6) is -0.306. The number of piperidine rings is 1. The van der Waals surface area contributed by atoms with Crippen molar-refractivity contribution in [2.75, 3.05) is 26.2 Å². The molecule has 0 aromatic heterocycles. The predicted octanol–water partition coefficient (Wildman–Crippen LogP) is 0.137. The second kappa shape index (κ2) is 6.48. The minimum absolute atomic E-state index is 0.0384. The zero-order chi connectivity index (χ0) is 12.0. The summed E-state index contributed by atoms with van der Waals surface area (Å²) in [5, 5.41) is 0. The fraction of sp³-hybridized carbons (Fsp3) is 0.818. The molecule has 0 aromatic carbocycles. The zero-order valence-electron chi connectivity index (χ0n) is 9.78. The van der Waals surface area contributed by atoms with Crippen molar-refractivity contribution in [3.63, 3.8) is 0 Å². The predicted molar refractivity (Wildman–Crippen MR) is 59.6 cm³/mol. The number of hydrogen-bond donors (Lipinski definition) is 1. The second-order valence-electron chi connectivity index (χ2n) is 3.97. The van der Waals surface area contributed by atoms with Crippen molar-refractivity contribution in [1.29, 1.82) is 0 Å². The Bertz CT molecular complexity index is 232. The van der Waals surface area contributed by atoms with Crippen molar-refractivity contribution in [3.8, 4) is 0 Å². The van der Waals surface area contributed by atoms with Gasteiger partial charge in [-0.15, -0.1) is 0 Å². The fourth-order valence-corrected chi connectivity index (χ4v) is 1.94. The summed E-state index contributed by atoms with van der Waals surface area (Å²) in [7, 11) is 0. The van der Waals surface area contributed by atoms with Crippen molar-refractivity contribution in [3.05, 3.63) is 0 Å². The number of likely N-dealkylation sites (tertiary alicyclic amines) is 1. The molecule has 0 radical (unpaired) electrons. The highest BCUT2D eigenvalue weighted by atomic mass is 16.5. The summed E-state index contributed by atoms with van der Waals surface area (Å²) in [5.41, 5.74) is 5.34. The number of ether oxygens (including phenoxy) is 1. The molecule has 1 saturated heterocycles. The van der Waals surface area contributed by atoms with E-state index in [0.717, 1.165) is 19.4 Å². The van der Waals surface area contributed by atoms with E-state index in [1.54, 1.807) is 11.8 Å². The van der Waals surface area contributed by atoms with Gasteiger partial charge in [-0.05, 0) is 19.8 Å². The molecule has 5 nitrogen and oxygen atoms in total. The smallest absolute Gasteiger partial charge is 0.310 e. The Hall–Kier alpha value is -1.10. The minimum Gasteiger partial charge on any atom is -0.466 e. The Morgan fingerprint density at radius 1 is 1.50 bits per heavy atom. The maximum Gasteiger partial charge on any atom is 0.310 e. The average molecular weight is 228 g/mol. The number of esters is 1. The van der Waals surface area contributed by atoms with Gasteiger partial charge in [0, 0.05) is 26.1 Å². The van der Waals surface area contributed by atoms with Gasteiger partial charge in [0.25, 0.3) is 0 Å². The molecule has 1 aliphatic rings. The molecule has 0 bridgehead atoms. The molecule has 92 valence electrons. The lowest BCUT2D eigenvalue weighted by molar-refractivity contribution is -0.151. The van der Waals surface area contributed by atoms with E-state index in [2.05, 4.69) is 0 Å². The van der Waals surface area contributed by atoms with Crippen molar-refractivity contribution in [2.45, 2.75) is 26.2 Å². The molecule has 0 saturated carbocycles. The van der Waals surface area contributed by atoms with Gasteiger partial charge in [-0.25, -0.2) is 0 Å². The number of amides is 1. The molecular formula is C11H20N2O3. The topological polar surface area (TPSA) is 72.6 Å². The van der Waals surface area contributed by atoms with Crippen LogP contribution in [0.25, 0.3) is 0 Å². The van der Waals surface area contributed by atoms with E-state index < -0.39 is 0 Å². The number of hydrogen-bond acceptors (Lipinski definition) is 4. The number of carbonyl (C=O) groups excluding carboxylic acids is 2. The second-order valence-corrected chi connectivity index (χ2v) is 3.97. The summed E-state index contributed by atoms with van der Waals surface area (Å²) in [4.78, 5) is 24.9. The van der Waals surface area contributed by atoms with Crippen LogP contribution in [0.15, 0.2) is 0 Å². The molecule has 0 aliphatic carbocycles. The molecule has 2 N–H and O–H groups in total. The van der Waals surface area contributed by atoms with Gasteiger partial charge in [0.05, 0.1) is 12.5 Å².